The van der Waals surface area contributed by atoms with Crippen LogP contribution in [0.5, 0.6) is 0 Å². The van der Waals surface area contributed by atoms with E-state index in [9.17, 15) is 15.5 Å². The molecule has 0 radical (unpaired) electrons. The highest BCUT2D eigenvalue weighted by molar-refractivity contribution is 5.75. The largest absolute Gasteiger partial charge is 0.387 e. The maximum atomic E-state index is 11.1. The number of nitrogens with zero attached hydrogens (tertiary/aromatic N) is 4. The summed E-state index contributed by atoms with van der Waals surface area (Å²) in [7, 11) is 2.04. The average Bonchev–Trinajstić information content (AvgIpc) is 3.46. The molecule has 1 aromatic carbocycles. The first-order chi connectivity index (χ1) is 21.2. The first-order valence-corrected chi connectivity index (χ1v) is 16.7. The summed E-state index contributed by atoms with van der Waals surface area (Å²) in [4.78, 5) is 6.74. The van der Waals surface area contributed by atoms with E-state index < -0.39 is 24.5 Å². The van der Waals surface area contributed by atoms with Crippen LogP contribution in [-0.2, 0) is 4.74 Å². The van der Waals surface area contributed by atoms with Crippen LogP contribution in [-0.4, -0.2) is 113 Å². The standard InChI is InChI=1S/C32H51N9O3/c1-17(2)40(14-25-28(42)29(43)32(44-25)41-16-35-27-30(34)36-15-39(3)31(27)41)21-10-18(11-21)4-9-26-37-23-8-7-20(12-24(23)38-26)22(13-33)19-5-6-19/h7-8,12,17-19,21-22,25-32,35-38,42-43H,4-6,9-11,14-16,34H2,1-3H3/t18?,21?,22?,25-,26?,27?,28-,29-,30?,31?,32-/m1/s1. The van der Waals surface area contributed by atoms with Gasteiger partial charge >= 0.3 is 0 Å². The molecule has 0 aromatic heterocycles. The minimum Gasteiger partial charge on any atom is -0.387 e. The lowest BCUT2D eigenvalue weighted by atomic mass is 9.76. The van der Waals surface area contributed by atoms with Crippen molar-refractivity contribution in [1.29, 1.82) is 5.26 Å². The lowest BCUT2D eigenvalue weighted by molar-refractivity contribution is -0.130. The molecule has 3 saturated heterocycles. The molecule has 2 saturated carbocycles. The van der Waals surface area contributed by atoms with Crippen LogP contribution in [0, 0.1) is 23.2 Å². The summed E-state index contributed by atoms with van der Waals surface area (Å²) >= 11 is 0. The van der Waals surface area contributed by atoms with Crippen LogP contribution in [0.25, 0.3) is 0 Å². The van der Waals surface area contributed by atoms with Crippen molar-refractivity contribution in [3.05, 3.63) is 23.8 Å². The third-order valence-corrected chi connectivity index (χ3v) is 11.1. The van der Waals surface area contributed by atoms with E-state index in [-0.39, 0.29) is 30.5 Å². The van der Waals surface area contributed by atoms with Gasteiger partial charge in [-0.2, -0.15) is 5.26 Å². The molecule has 2 aliphatic carbocycles. The Kier molecular flexibility index (Phi) is 8.54. The molecule has 9 atom stereocenters. The molecule has 5 unspecified atom stereocenters. The highest BCUT2D eigenvalue weighted by Crippen LogP contribution is 2.44. The van der Waals surface area contributed by atoms with E-state index in [4.69, 9.17) is 10.5 Å². The van der Waals surface area contributed by atoms with E-state index in [1.807, 2.05) is 7.05 Å². The van der Waals surface area contributed by atoms with Crippen LogP contribution in [0.4, 0.5) is 11.4 Å². The molecule has 5 fully saturated rings. The van der Waals surface area contributed by atoms with Crippen molar-refractivity contribution in [1.82, 2.24) is 25.3 Å². The summed E-state index contributed by atoms with van der Waals surface area (Å²) in [6, 6.07) is 9.72. The second-order valence-electron chi connectivity index (χ2n) is 14.5. The third-order valence-electron chi connectivity index (χ3n) is 11.1. The summed E-state index contributed by atoms with van der Waals surface area (Å²) < 4.78 is 6.44. The Morgan fingerprint density at radius 2 is 1.86 bits per heavy atom. The summed E-state index contributed by atoms with van der Waals surface area (Å²) in [6.45, 7) is 6.22. The van der Waals surface area contributed by atoms with Gasteiger partial charge in [-0.3, -0.25) is 20.4 Å². The smallest absolute Gasteiger partial charge is 0.142 e. The second kappa shape index (κ2) is 12.3. The fourth-order valence-corrected chi connectivity index (χ4v) is 8.36. The predicted molar refractivity (Wildman–Crippen MR) is 168 cm³/mol. The fourth-order valence-electron chi connectivity index (χ4n) is 8.36. The fraction of sp³-hybridized carbons (Fsp3) is 0.781. The number of nitrogens with one attached hydrogen (secondary N) is 4. The van der Waals surface area contributed by atoms with Crippen molar-refractivity contribution >= 4 is 11.4 Å². The minimum atomic E-state index is -0.977. The molecule has 0 amide bonds. The van der Waals surface area contributed by atoms with Crippen molar-refractivity contribution in [2.75, 3.05) is 37.6 Å². The average molecular weight is 610 g/mol. The Morgan fingerprint density at radius 3 is 2.59 bits per heavy atom. The van der Waals surface area contributed by atoms with Gasteiger partial charge in [-0.25, -0.2) is 4.90 Å². The number of rotatable bonds is 10. The quantitative estimate of drug-likeness (QED) is 0.202. The molecular formula is C32H51N9O3. The highest BCUT2D eigenvalue weighted by Gasteiger charge is 2.53. The maximum Gasteiger partial charge on any atom is 0.142 e. The Balaban J connectivity index is 0.895. The first kappa shape index (κ1) is 30.6. The van der Waals surface area contributed by atoms with E-state index in [1.165, 1.54) is 12.8 Å². The van der Waals surface area contributed by atoms with E-state index in [1.54, 1.807) is 0 Å². The van der Waals surface area contributed by atoms with Gasteiger partial charge in [0.15, 0.2) is 0 Å². The van der Waals surface area contributed by atoms with Gasteiger partial charge in [0, 0.05) is 18.6 Å². The van der Waals surface area contributed by atoms with E-state index in [0.29, 0.717) is 43.8 Å². The molecule has 4 heterocycles. The summed E-state index contributed by atoms with van der Waals surface area (Å²) in [6.07, 6.45) is 3.87. The molecule has 0 bridgehead atoms. The van der Waals surface area contributed by atoms with Crippen molar-refractivity contribution < 1.29 is 14.9 Å². The number of anilines is 2. The predicted octanol–water partition coefficient (Wildman–Crippen LogP) is 0.918. The van der Waals surface area contributed by atoms with Gasteiger partial charge in [0.1, 0.15) is 24.5 Å². The minimum absolute atomic E-state index is 0.0127. The molecule has 7 rings (SSSR count). The Hall–Kier alpha value is -2.05. The van der Waals surface area contributed by atoms with E-state index >= 15 is 0 Å². The van der Waals surface area contributed by atoms with Crippen LogP contribution < -0.4 is 27.0 Å². The maximum absolute atomic E-state index is 11.1. The zero-order valence-electron chi connectivity index (χ0n) is 26.3. The van der Waals surface area contributed by atoms with Gasteiger partial charge in [-0.05, 0) is 89.0 Å². The number of benzene rings is 1. The molecule has 0 spiro atoms. The molecular weight excluding hydrogens is 558 g/mol. The summed E-state index contributed by atoms with van der Waals surface area (Å²) in [5.74, 6) is 1.21. The van der Waals surface area contributed by atoms with Gasteiger partial charge in [-0.1, -0.05) is 6.07 Å². The van der Waals surface area contributed by atoms with Crippen molar-refractivity contribution in [3.8, 4) is 6.07 Å². The Morgan fingerprint density at radius 1 is 1.09 bits per heavy atom. The Bertz CT molecular complexity index is 1220. The number of hydrogen-bond acceptors (Lipinski definition) is 12. The number of aliphatic hydroxyl groups excluding tert-OH is 2. The van der Waals surface area contributed by atoms with Crippen molar-refractivity contribution in [2.24, 2.45) is 17.6 Å². The highest BCUT2D eigenvalue weighted by atomic mass is 16.6. The molecule has 4 aliphatic heterocycles. The number of ether oxygens (including phenoxy) is 1. The van der Waals surface area contributed by atoms with Crippen LogP contribution in [0.1, 0.15) is 63.9 Å². The van der Waals surface area contributed by atoms with Gasteiger partial charge in [-0.15, -0.1) is 0 Å². The second-order valence-corrected chi connectivity index (χ2v) is 14.5. The normalized spacial score (nSPS) is 39.4. The van der Waals surface area contributed by atoms with Gasteiger partial charge in [0.05, 0.1) is 61.2 Å². The molecule has 8 N–H and O–H groups in total. The zero-order chi connectivity index (χ0) is 30.7. The molecule has 44 heavy (non-hydrogen) atoms. The van der Waals surface area contributed by atoms with Gasteiger partial charge in [0.2, 0.25) is 0 Å². The SMILES string of the molecule is CC(C)N(C[C@H]1O[C@@H](N2CNC3C(N)NCN(C)C32)[C@H](O)[C@@H]1O)C1CC(CCC2Nc3ccc(C(C#N)C4CC4)cc3N2)C1. The molecule has 12 heteroatoms. The zero-order valence-corrected chi connectivity index (χ0v) is 26.3. The third kappa shape index (κ3) is 5.72. The van der Waals surface area contributed by atoms with Crippen LogP contribution >= 0.6 is 0 Å². The van der Waals surface area contributed by atoms with E-state index in [0.717, 1.165) is 42.6 Å². The van der Waals surface area contributed by atoms with Gasteiger partial charge < -0.3 is 31.3 Å². The van der Waals surface area contributed by atoms with Crippen molar-refractivity contribution in [3.63, 3.8) is 0 Å². The number of hydrogen-bond donors (Lipinski definition) is 7. The first-order valence-electron chi connectivity index (χ1n) is 16.7. The molecule has 1 aromatic rings. The number of nitrogens with two attached hydrogens (primary N) is 1. The van der Waals surface area contributed by atoms with E-state index in [2.05, 4.69) is 74.1 Å². The molecule has 6 aliphatic rings. The molecule has 12 nitrogen and oxygen atoms in total. The number of likely N-dealkylation sites (N-methyl/N-ethyl adjacent to an activating group) is 1. The summed E-state index contributed by atoms with van der Waals surface area (Å²) in [5, 5.41) is 45.9. The monoisotopic (exact) mass is 609 g/mol. The summed E-state index contributed by atoms with van der Waals surface area (Å²) in [5.41, 5.74) is 9.70. The lowest BCUT2D eigenvalue weighted by Crippen LogP contribution is -2.68. The Labute approximate surface area is 261 Å². The number of aliphatic hydroxyl groups is 2. The van der Waals surface area contributed by atoms with Crippen LogP contribution in [0.15, 0.2) is 18.2 Å². The lowest BCUT2D eigenvalue weighted by Gasteiger charge is -2.46. The van der Waals surface area contributed by atoms with Gasteiger partial charge in [0.25, 0.3) is 0 Å². The topological polar surface area (TPSA) is 157 Å². The number of fused-ring (bicyclic) bond motifs is 2. The van der Waals surface area contributed by atoms with Crippen LogP contribution in [0.2, 0.25) is 0 Å². The van der Waals surface area contributed by atoms with Crippen molar-refractivity contribution in [2.45, 2.75) is 119 Å². The molecule has 242 valence electrons. The number of nitriles is 1. The van der Waals surface area contributed by atoms with Crippen LogP contribution in [0.3, 0.4) is 0 Å².